The molecule has 1 heterocycles. The van der Waals surface area contributed by atoms with Gasteiger partial charge in [-0.05, 0) is 43.0 Å². The van der Waals surface area contributed by atoms with Crippen molar-refractivity contribution in [1.29, 1.82) is 0 Å². The first-order chi connectivity index (χ1) is 6.77. The summed E-state index contributed by atoms with van der Waals surface area (Å²) in [5, 5.41) is 4.22. The van der Waals surface area contributed by atoms with Crippen LogP contribution in [0.1, 0.15) is 24.3 Å². The van der Waals surface area contributed by atoms with Gasteiger partial charge < -0.3 is 5.32 Å². The normalized spacial score (nSPS) is 22.3. The van der Waals surface area contributed by atoms with E-state index in [4.69, 9.17) is 11.6 Å². The topological polar surface area (TPSA) is 12.0 Å². The van der Waals surface area contributed by atoms with E-state index in [0.717, 1.165) is 22.6 Å². The van der Waals surface area contributed by atoms with Crippen LogP contribution in [0.5, 0.6) is 0 Å². The third-order valence-corrected chi connectivity index (χ3v) is 3.62. The molecular weight excluding hydrogens is 261 g/mol. The average Bonchev–Trinajstić information content (AvgIpc) is 2.19. The Labute approximate surface area is 98.0 Å². The lowest BCUT2D eigenvalue weighted by atomic mass is 9.92. The molecule has 0 saturated carbocycles. The second-order valence-corrected chi connectivity index (χ2v) is 5.00. The smallest absolute Gasteiger partial charge is 0.0417 e. The fourth-order valence-electron chi connectivity index (χ4n) is 1.95. The Morgan fingerprint density at radius 1 is 1.43 bits per heavy atom. The maximum absolute atomic E-state index is 5.91. The number of nitrogens with one attached hydrogen (secondary N) is 1. The second-order valence-electron chi connectivity index (χ2n) is 3.71. The summed E-state index contributed by atoms with van der Waals surface area (Å²) in [6.07, 6.45) is 2.53. The van der Waals surface area contributed by atoms with E-state index in [1.165, 1.54) is 18.4 Å². The summed E-state index contributed by atoms with van der Waals surface area (Å²) in [5.41, 5.74) is 1.38. The first-order valence-corrected chi connectivity index (χ1v) is 6.10. The van der Waals surface area contributed by atoms with Crippen LogP contribution in [-0.4, -0.2) is 13.1 Å². The van der Waals surface area contributed by atoms with Crippen molar-refractivity contribution in [1.82, 2.24) is 5.32 Å². The van der Waals surface area contributed by atoms with Crippen LogP contribution in [0.2, 0.25) is 5.02 Å². The number of piperidine rings is 1. The van der Waals surface area contributed by atoms with Gasteiger partial charge in [-0.15, -0.1) is 0 Å². The Balaban J connectivity index is 2.22. The van der Waals surface area contributed by atoms with Crippen LogP contribution in [0.3, 0.4) is 0 Å². The Hall–Kier alpha value is -0.0500. The Bertz CT molecular complexity index is 321. The van der Waals surface area contributed by atoms with E-state index < -0.39 is 0 Å². The van der Waals surface area contributed by atoms with E-state index in [2.05, 4.69) is 27.3 Å². The SMILES string of the molecule is Clc1ccc([C@@H]2CCCNC2)c(Br)c1. The molecule has 0 aliphatic carbocycles. The molecule has 1 fully saturated rings. The molecule has 1 aliphatic rings. The number of halogens is 2. The predicted octanol–water partition coefficient (Wildman–Crippen LogP) is 3.57. The highest BCUT2D eigenvalue weighted by Gasteiger charge is 2.17. The van der Waals surface area contributed by atoms with Crippen LogP contribution in [0.15, 0.2) is 22.7 Å². The van der Waals surface area contributed by atoms with Crippen molar-refractivity contribution >= 4 is 27.5 Å². The van der Waals surface area contributed by atoms with Crippen molar-refractivity contribution in [3.63, 3.8) is 0 Å². The zero-order chi connectivity index (χ0) is 9.97. The van der Waals surface area contributed by atoms with Gasteiger partial charge in [0.25, 0.3) is 0 Å². The van der Waals surface area contributed by atoms with Crippen molar-refractivity contribution < 1.29 is 0 Å². The summed E-state index contributed by atoms with van der Waals surface area (Å²) >= 11 is 9.48. The van der Waals surface area contributed by atoms with E-state index in [-0.39, 0.29) is 0 Å². The van der Waals surface area contributed by atoms with Crippen molar-refractivity contribution in [2.75, 3.05) is 13.1 Å². The summed E-state index contributed by atoms with van der Waals surface area (Å²) in [5.74, 6) is 0.635. The predicted molar refractivity (Wildman–Crippen MR) is 64.0 cm³/mol. The quantitative estimate of drug-likeness (QED) is 0.825. The molecule has 0 radical (unpaired) electrons. The van der Waals surface area contributed by atoms with Gasteiger partial charge in [0.15, 0.2) is 0 Å². The molecule has 1 aromatic rings. The van der Waals surface area contributed by atoms with E-state index in [1.54, 1.807) is 0 Å². The van der Waals surface area contributed by atoms with Crippen LogP contribution >= 0.6 is 27.5 Å². The van der Waals surface area contributed by atoms with Gasteiger partial charge in [-0.25, -0.2) is 0 Å². The largest absolute Gasteiger partial charge is 0.316 e. The van der Waals surface area contributed by atoms with Gasteiger partial charge in [0.1, 0.15) is 0 Å². The summed E-state index contributed by atoms with van der Waals surface area (Å²) in [6.45, 7) is 2.24. The maximum Gasteiger partial charge on any atom is 0.0417 e. The first kappa shape index (κ1) is 10.5. The van der Waals surface area contributed by atoms with Gasteiger partial charge in [0.05, 0.1) is 0 Å². The molecule has 1 aliphatic heterocycles. The van der Waals surface area contributed by atoms with Crippen molar-refractivity contribution in [2.24, 2.45) is 0 Å². The van der Waals surface area contributed by atoms with Crippen molar-refractivity contribution in [3.8, 4) is 0 Å². The molecule has 1 aromatic carbocycles. The minimum atomic E-state index is 0.635. The van der Waals surface area contributed by atoms with Gasteiger partial charge >= 0.3 is 0 Å². The molecule has 14 heavy (non-hydrogen) atoms. The minimum Gasteiger partial charge on any atom is -0.316 e. The van der Waals surface area contributed by atoms with Gasteiger partial charge in [-0.3, -0.25) is 0 Å². The van der Waals surface area contributed by atoms with Gasteiger partial charge in [-0.2, -0.15) is 0 Å². The van der Waals surface area contributed by atoms with Crippen LogP contribution in [0, 0.1) is 0 Å². The van der Waals surface area contributed by atoms with Gasteiger partial charge in [-0.1, -0.05) is 33.6 Å². The molecule has 1 atom stereocenters. The lowest BCUT2D eigenvalue weighted by molar-refractivity contribution is 0.460. The lowest BCUT2D eigenvalue weighted by Crippen LogP contribution is -2.28. The minimum absolute atomic E-state index is 0.635. The Morgan fingerprint density at radius 2 is 2.29 bits per heavy atom. The highest BCUT2D eigenvalue weighted by atomic mass is 79.9. The summed E-state index contributed by atoms with van der Waals surface area (Å²) < 4.78 is 1.14. The van der Waals surface area contributed by atoms with Crippen LogP contribution < -0.4 is 5.32 Å². The summed E-state index contributed by atoms with van der Waals surface area (Å²) in [4.78, 5) is 0. The van der Waals surface area contributed by atoms with Gasteiger partial charge in [0, 0.05) is 16.0 Å². The molecule has 0 spiro atoms. The number of hydrogen-bond donors (Lipinski definition) is 1. The zero-order valence-electron chi connectivity index (χ0n) is 7.89. The van der Waals surface area contributed by atoms with Crippen LogP contribution in [0.4, 0.5) is 0 Å². The Morgan fingerprint density at radius 3 is 2.93 bits per heavy atom. The highest BCUT2D eigenvalue weighted by Crippen LogP contribution is 2.31. The van der Waals surface area contributed by atoms with Crippen LogP contribution in [-0.2, 0) is 0 Å². The third kappa shape index (κ3) is 2.30. The molecule has 76 valence electrons. The van der Waals surface area contributed by atoms with E-state index in [1.807, 2.05) is 12.1 Å². The van der Waals surface area contributed by atoms with Crippen LogP contribution in [0.25, 0.3) is 0 Å². The second kappa shape index (κ2) is 4.65. The Kier molecular flexibility index (Phi) is 3.47. The average molecular weight is 275 g/mol. The van der Waals surface area contributed by atoms with E-state index in [9.17, 15) is 0 Å². The molecular formula is C11H13BrClN. The molecule has 0 unspecified atom stereocenters. The number of hydrogen-bond acceptors (Lipinski definition) is 1. The van der Waals surface area contributed by atoms with E-state index >= 15 is 0 Å². The molecule has 0 amide bonds. The van der Waals surface area contributed by atoms with Gasteiger partial charge in [0.2, 0.25) is 0 Å². The molecule has 1 N–H and O–H groups in total. The van der Waals surface area contributed by atoms with Crippen molar-refractivity contribution in [2.45, 2.75) is 18.8 Å². The standard InChI is InChI=1S/C11H13BrClN/c12-11-6-9(13)3-4-10(11)8-2-1-5-14-7-8/h3-4,6,8,14H,1-2,5,7H2/t8-/m1/s1. The molecule has 0 bridgehead atoms. The lowest BCUT2D eigenvalue weighted by Gasteiger charge is -2.24. The molecule has 2 rings (SSSR count). The molecule has 1 nitrogen and oxygen atoms in total. The third-order valence-electron chi connectivity index (χ3n) is 2.70. The number of rotatable bonds is 1. The summed E-state index contributed by atoms with van der Waals surface area (Å²) in [6, 6.07) is 6.08. The molecule has 3 heteroatoms. The van der Waals surface area contributed by atoms with Crippen molar-refractivity contribution in [3.05, 3.63) is 33.3 Å². The number of benzene rings is 1. The molecule has 1 saturated heterocycles. The van der Waals surface area contributed by atoms with E-state index in [0.29, 0.717) is 5.92 Å². The monoisotopic (exact) mass is 273 g/mol. The fourth-order valence-corrected chi connectivity index (χ4v) is 2.96. The fraction of sp³-hybridized carbons (Fsp3) is 0.455. The zero-order valence-corrected chi connectivity index (χ0v) is 10.2. The molecule has 0 aromatic heterocycles. The maximum atomic E-state index is 5.91. The summed E-state index contributed by atoms with van der Waals surface area (Å²) in [7, 11) is 0. The highest BCUT2D eigenvalue weighted by molar-refractivity contribution is 9.10. The first-order valence-electron chi connectivity index (χ1n) is 4.93.